The zero-order valence-corrected chi connectivity index (χ0v) is 24.1. The number of hydrogen-bond acceptors (Lipinski definition) is 9. The molecule has 5 rings (SSSR count). The van der Waals surface area contributed by atoms with Crippen molar-refractivity contribution in [1.29, 1.82) is 0 Å². The highest BCUT2D eigenvalue weighted by Crippen LogP contribution is 2.38. The van der Waals surface area contributed by atoms with Crippen LogP contribution in [0.5, 0.6) is 0 Å². The number of nitrogens with zero attached hydrogens (tertiary/aromatic N) is 7. The van der Waals surface area contributed by atoms with E-state index < -0.39 is 27.0 Å². The molecule has 212 valence electrons. The molecule has 1 N–H and O–H groups in total. The average molecular weight is 583 g/mol. The first-order valence-corrected chi connectivity index (χ1v) is 15.0. The number of carbonyl (C=O) groups excluding carboxylic acids is 1. The van der Waals surface area contributed by atoms with E-state index in [1.165, 1.54) is 6.20 Å². The van der Waals surface area contributed by atoms with E-state index in [0.29, 0.717) is 42.2 Å². The summed E-state index contributed by atoms with van der Waals surface area (Å²) in [6.45, 7) is 7.04. The summed E-state index contributed by atoms with van der Waals surface area (Å²) >= 11 is 0.715. The van der Waals surface area contributed by atoms with Crippen LogP contribution in [0.2, 0.25) is 0 Å². The highest BCUT2D eigenvalue weighted by atomic mass is 32.2. The third-order valence-electron chi connectivity index (χ3n) is 7.10. The van der Waals surface area contributed by atoms with Crippen molar-refractivity contribution in [2.24, 2.45) is 0 Å². The van der Waals surface area contributed by atoms with Crippen molar-refractivity contribution in [3.05, 3.63) is 23.5 Å². The minimum Gasteiger partial charge on any atom is -0.366 e. The van der Waals surface area contributed by atoms with Gasteiger partial charge in [0.25, 0.3) is 6.43 Å². The summed E-state index contributed by atoms with van der Waals surface area (Å²) in [5.74, 6) is 0.256. The van der Waals surface area contributed by atoms with Gasteiger partial charge in [-0.1, -0.05) is 11.3 Å². The van der Waals surface area contributed by atoms with Crippen molar-refractivity contribution in [1.82, 2.24) is 34.1 Å². The highest BCUT2D eigenvalue weighted by Gasteiger charge is 2.42. The average Bonchev–Trinajstić information content (AvgIpc) is 3.22. The van der Waals surface area contributed by atoms with Crippen LogP contribution in [0.25, 0.3) is 16.3 Å². The van der Waals surface area contributed by atoms with Gasteiger partial charge in [-0.05, 0) is 53.8 Å². The second kappa shape index (κ2) is 10.0. The molecule has 2 atom stereocenters. The van der Waals surface area contributed by atoms with Gasteiger partial charge >= 0.3 is 0 Å². The van der Waals surface area contributed by atoms with Gasteiger partial charge in [0.05, 0.1) is 23.9 Å². The zero-order valence-electron chi connectivity index (χ0n) is 22.4. The number of fused-ring (bicyclic) bond motifs is 1. The molecule has 0 bridgehead atoms. The molecule has 2 fully saturated rings. The van der Waals surface area contributed by atoms with E-state index in [-0.39, 0.29) is 33.7 Å². The maximum atomic E-state index is 13.5. The summed E-state index contributed by atoms with van der Waals surface area (Å²) in [6.07, 6.45) is 1.75. The zero-order chi connectivity index (χ0) is 28.3. The number of halogens is 2. The third-order valence-corrected chi connectivity index (χ3v) is 9.64. The maximum Gasteiger partial charge on any atom is 0.291 e. The Morgan fingerprint density at radius 1 is 1.23 bits per heavy atom. The lowest BCUT2D eigenvalue weighted by Gasteiger charge is -2.45. The van der Waals surface area contributed by atoms with E-state index in [2.05, 4.69) is 24.8 Å². The molecule has 0 unspecified atom stereocenters. The Labute approximate surface area is 229 Å². The second-order valence-corrected chi connectivity index (χ2v) is 13.6. The van der Waals surface area contributed by atoms with Crippen LogP contribution in [0, 0.1) is 0 Å². The number of piperazine rings is 1. The lowest BCUT2D eigenvalue weighted by atomic mass is 10.1. The Morgan fingerprint density at radius 2 is 1.90 bits per heavy atom. The lowest BCUT2D eigenvalue weighted by molar-refractivity contribution is -0.136. The molecule has 15 heteroatoms. The molecule has 11 nitrogen and oxygen atoms in total. The molecule has 0 aromatic carbocycles. The first-order chi connectivity index (χ1) is 18.3. The predicted octanol–water partition coefficient (Wildman–Crippen LogP) is 2.61. The van der Waals surface area contributed by atoms with Crippen molar-refractivity contribution in [3.8, 4) is 10.8 Å². The molecule has 1 aliphatic carbocycles. The van der Waals surface area contributed by atoms with E-state index in [9.17, 15) is 22.0 Å². The van der Waals surface area contributed by atoms with Gasteiger partial charge in [0.2, 0.25) is 15.9 Å². The SMILES string of the molecule is C[C@H]1CN(c2cc(S(=O)(=O)NC3(C)CC3)cn3c(-c4nnc(C(F)F)s4)ncc23)C[C@H](C)N1C(=O)CN(C)C. The van der Waals surface area contributed by atoms with Gasteiger partial charge < -0.3 is 14.7 Å². The number of imidazole rings is 1. The Kier molecular flexibility index (Phi) is 7.14. The normalized spacial score (nSPS) is 21.4. The number of sulfonamides is 1. The number of amides is 1. The number of anilines is 1. The number of nitrogens with one attached hydrogen (secondary N) is 1. The number of carbonyl (C=O) groups is 1. The van der Waals surface area contributed by atoms with Crippen molar-refractivity contribution in [3.63, 3.8) is 0 Å². The summed E-state index contributed by atoms with van der Waals surface area (Å²) < 4.78 is 57.7. The van der Waals surface area contributed by atoms with Crippen LogP contribution < -0.4 is 9.62 Å². The van der Waals surface area contributed by atoms with E-state index in [4.69, 9.17) is 0 Å². The van der Waals surface area contributed by atoms with Gasteiger partial charge in [-0.25, -0.2) is 26.9 Å². The van der Waals surface area contributed by atoms with Crippen molar-refractivity contribution >= 4 is 38.5 Å². The molecular weight excluding hydrogens is 550 g/mol. The minimum atomic E-state index is -3.91. The molecule has 1 saturated heterocycles. The standard InChI is InChI=1S/C24H32F2N8O3S2/c1-14-10-32(11-15(2)34(14)19(35)13-31(4)5)17-8-16(39(36,37)30-24(3)6-7-24)12-33-18(17)9-27-21(33)23-29-28-22(38-23)20(25)26/h8-9,12,14-15,20,30H,6-7,10-11,13H2,1-5H3/t14-,15-/m0/s1. The first-order valence-electron chi connectivity index (χ1n) is 12.7. The molecular formula is C24H32F2N8O3S2. The smallest absolute Gasteiger partial charge is 0.291 e. The highest BCUT2D eigenvalue weighted by molar-refractivity contribution is 7.89. The molecule has 3 aromatic heterocycles. The van der Waals surface area contributed by atoms with E-state index in [0.717, 1.165) is 12.8 Å². The number of alkyl halides is 2. The Morgan fingerprint density at radius 3 is 2.46 bits per heavy atom. The largest absolute Gasteiger partial charge is 0.366 e. The number of hydrogen-bond donors (Lipinski definition) is 1. The molecule has 1 saturated carbocycles. The fourth-order valence-electron chi connectivity index (χ4n) is 5.06. The molecule has 0 spiro atoms. The Hall–Kier alpha value is -2.75. The van der Waals surface area contributed by atoms with E-state index in [1.807, 2.05) is 44.7 Å². The summed E-state index contributed by atoms with van der Waals surface area (Å²) in [4.78, 5) is 23.1. The summed E-state index contributed by atoms with van der Waals surface area (Å²) in [7, 11) is -0.208. The molecule has 1 aliphatic heterocycles. The van der Waals surface area contributed by atoms with Crippen molar-refractivity contribution < 1.29 is 22.0 Å². The van der Waals surface area contributed by atoms with Crippen LogP contribution >= 0.6 is 11.3 Å². The molecule has 2 aliphatic rings. The van der Waals surface area contributed by atoms with Gasteiger partial charge in [-0.15, -0.1) is 10.2 Å². The second-order valence-electron chi connectivity index (χ2n) is 11.0. The number of rotatable bonds is 8. The molecule has 1 amide bonds. The lowest BCUT2D eigenvalue weighted by Crippen LogP contribution is -2.60. The van der Waals surface area contributed by atoms with Crippen molar-refractivity contribution in [2.45, 2.75) is 62.6 Å². The van der Waals surface area contributed by atoms with E-state index >= 15 is 0 Å². The first kappa shape index (κ1) is 27.8. The fourth-order valence-corrected chi connectivity index (χ4v) is 7.24. The fraction of sp³-hybridized carbons (Fsp3) is 0.583. The minimum absolute atomic E-state index is 0.0285. The summed E-state index contributed by atoms with van der Waals surface area (Å²) in [5, 5.41) is 7.18. The third kappa shape index (κ3) is 5.49. The molecule has 39 heavy (non-hydrogen) atoms. The van der Waals surface area contributed by atoms with Gasteiger partial charge in [0.1, 0.15) is 4.90 Å². The van der Waals surface area contributed by atoms with Crippen LogP contribution in [0.4, 0.5) is 14.5 Å². The van der Waals surface area contributed by atoms with Crippen molar-refractivity contribution in [2.75, 3.05) is 38.6 Å². The number of pyridine rings is 1. The number of likely N-dealkylation sites (N-methyl/N-ethyl adjacent to an activating group) is 1. The molecule has 0 radical (unpaired) electrons. The van der Waals surface area contributed by atoms with Gasteiger partial charge in [0.15, 0.2) is 15.8 Å². The topological polar surface area (TPSA) is 116 Å². The summed E-state index contributed by atoms with van der Waals surface area (Å²) in [5.41, 5.74) is 0.732. The van der Waals surface area contributed by atoms with Crippen LogP contribution in [0.3, 0.4) is 0 Å². The van der Waals surface area contributed by atoms with Gasteiger partial charge in [-0.2, -0.15) is 0 Å². The maximum absolute atomic E-state index is 13.5. The Bertz CT molecular complexity index is 1490. The van der Waals surface area contributed by atoms with Gasteiger partial charge in [0, 0.05) is 36.9 Å². The summed E-state index contributed by atoms with van der Waals surface area (Å²) in [6, 6.07) is 1.35. The predicted molar refractivity (Wildman–Crippen MR) is 144 cm³/mol. The Balaban J connectivity index is 1.58. The van der Waals surface area contributed by atoms with Crippen LogP contribution in [-0.4, -0.2) is 95.1 Å². The van der Waals surface area contributed by atoms with E-state index in [1.54, 1.807) is 16.7 Å². The number of aromatic nitrogens is 4. The van der Waals surface area contributed by atoms with Crippen LogP contribution in [0.15, 0.2) is 23.4 Å². The molecule has 3 aromatic rings. The van der Waals surface area contributed by atoms with Crippen LogP contribution in [-0.2, 0) is 14.8 Å². The van der Waals surface area contributed by atoms with Crippen LogP contribution in [0.1, 0.15) is 45.0 Å². The molecule has 4 heterocycles. The quantitative estimate of drug-likeness (QED) is 0.431. The monoisotopic (exact) mass is 582 g/mol. The van der Waals surface area contributed by atoms with Gasteiger partial charge in [-0.3, -0.25) is 9.20 Å².